The maximum absolute atomic E-state index is 11.5. The molecule has 4 N–H and O–H groups in total. The topological polar surface area (TPSA) is 72.4 Å². The van der Waals surface area contributed by atoms with Gasteiger partial charge >= 0.3 is 0 Å². The van der Waals surface area contributed by atoms with Crippen LogP contribution >= 0.6 is 0 Å². The molecule has 0 radical (unpaired) electrons. The van der Waals surface area contributed by atoms with Crippen molar-refractivity contribution in [2.24, 2.45) is 11.5 Å². The molecule has 1 aliphatic heterocycles. The lowest BCUT2D eigenvalue weighted by Gasteiger charge is -2.14. The number of hydrogen-bond acceptors (Lipinski definition) is 3. The average Bonchev–Trinajstić information content (AvgIpc) is 2.51. The lowest BCUT2D eigenvalue weighted by molar-refractivity contribution is -0.117. The lowest BCUT2D eigenvalue weighted by atomic mass is 10.1. The Hall–Kier alpha value is -1.39. The Balaban J connectivity index is 2.42. The summed E-state index contributed by atoms with van der Waals surface area (Å²) in [6, 6.07) is 5.82. The van der Waals surface area contributed by atoms with Gasteiger partial charge < -0.3 is 11.5 Å². The van der Waals surface area contributed by atoms with Crippen LogP contribution in [0.1, 0.15) is 11.1 Å². The predicted octanol–water partition coefficient (Wildman–Crippen LogP) is -0.0494. The molecular weight excluding hydrogens is 178 g/mol. The Bertz CT molecular complexity index is 376. The van der Waals surface area contributed by atoms with E-state index in [4.69, 9.17) is 11.5 Å². The molecule has 0 atom stereocenters. The van der Waals surface area contributed by atoms with Crippen molar-refractivity contribution in [2.45, 2.75) is 13.0 Å². The zero-order valence-electron chi connectivity index (χ0n) is 7.86. The molecular formula is C10H13N3O. The average molecular weight is 191 g/mol. The van der Waals surface area contributed by atoms with Crippen molar-refractivity contribution < 1.29 is 4.79 Å². The molecule has 0 fully saturated rings. The summed E-state index contributed by atoms with van der Waals surface area (Å²) < 4.78 is 0. The number of nitrogens with zero attached hydrogens (tertiary/aromatic N) is 1. The van der Waals surface area contributed by atoms with Crippen LogP contribution in [-0.2, 0) is 17.8 Å². The Morgan fingerprint density at radius 3 is 2.79 bits per heavy atom. The van der Waals surface area contributed by atoms with Crippen LogP contribution in [-0.4, -0.2) is 12.6 Å². The molecule has 0 bridgehead atoms. The maximum Gasteiger partial charge on any atom is 0.232 e. The van der Waals surface area contributed by atoms with E-state index in [1.807, 2.05) is 18.2 Å². The summed E-state index contributed by atoms with van der Waals surface area (Å²) in [5, 5.41) is 0. The molecule has 0 spiro atoms. The number of anilines is 1. The molecule has 0 unspecified atom stereocenters. The van der Waals surface area contributed by atoms with Gasteiger partial charge in [-0.2, -0.15) is 0 Å². The maximum atomic E-state index is 11.5. The van der Waals surface area contributed by atoms with E-state index >= 15 is 0 Å². The Labute approximate surface area is 82.5 Å². The van der Waals surface area contributed by atoms with Gasteiger partial charge in [0.1, 0.15) is 0 Å². The second kappa shape index (κ2) is 3.40. The smallest absolute Gasteiger partial charge is 0.232 e. The summed E-state index contributed by atoms with van der Waals surface area (Å²) in [7, 11) is 0. The molecule has 1 amide bonds. The molecule has 1 aromatic carbocycles. The van der Waals surface area contributed by atoms with Crippen LogP contribution in [0, 0.1) is 0 Å². The van der Waals surface area contributed by atoms with Crippen LogP contribution < -0.4 is 16.4 Å². The van der Waals surface area contributed by atoms with Crippen molar-refractivity contribution in [1.29, 1.82) is 0 Å². The minimum absolute atomic E-state index is 0.0664. The first-order chi connectivity index (χ1) is 6.76. The van der Waals surface area contributed by atoms with Crippen LogP contribution in [0.15, 0.2) is 18.2 Å². The SMILES string of the molecule is NCc1ccc2c(c1)CC(=O)N2CN. The van der Waals surface area contributed by atoms with Gasteiger partial charge in [0.15, 0.2) is 0 Å². The van der Waals surface area contributed by atoms with E-state index in [2.05, 4.69) is 0 Å². The Morgan fingerprint density at radius 1 is 1.36 bits per heavy atom. The molecule has 74 valence electrons. The number of carbonyl (C=O) groups is 1. The molecule has 0 aromatic heterocycles. The van der Waals surface area contributed by atoms with Crippen LogP contribution in [0.3, 0.4) is 0 Å². The lowest BCUT2D eigenvalue weighted by Crippen LogP contribution is -2.32. The highest BCUT2D eigenvalue weighted by atomic mass is 16.2. The Morgan fingerprint density at radius 2 is 2.14 bits per heavy atom. The normalized spacial score (nSPS) is 14.7. The fourth-order valence-corrected chi connectivity index (χ4v) is 1.76. The third-order valence-corrected chi connectivity index (χ3v) is 2.50. The highest BCUT2D eigenvalue weighted by Crippen LogP contribution is 2.28. The van der Waals surface area contributed by atoms with Gasteiger partial charge in [-0.3, -0.25) is 9.69 Å². The number of nitrogens with two attached hydrogens (primary N) is 2. The zero-order chi connectivity index (χ0) is 10.1. The summed E-state index contributed by atoms with van der Waals surface area (Å²) in [5.74, 6) is 0.0664. The van der Waals surface area contributed by atoms with Gasteiger partial charge in [-0.1, -0.05) is 12.1 Å². The van der Waals surface area contributed by atoms with Crippen molar-refractivity contribution in [1.82, 2.24) is 0 Å². The van der Waals surface area contributed by atoms with Crippen molar-refractivity contribution in [2.75, 3.05) is 11.6 Å². The minimum atomic E-state index is 0.0664. The van der Waals surface area contributed by atoms with E-state index in [-0.39, 0.29) is 12.6 Å². The minimum Gasteiger partial charge on any atom is -0.326 e. The van der Waals surface area contributed by atoms with Gasteiger partial charge in [0.25, 0.3) is 0 Å². The van der Waals surface area contributed by atoms with Crippen molar-refractivity contribution in [3.63, 3.8) is 0 Å². The molecule has 14 heavy (non-hydrogen) atoms. The monoisotopic (exact) mass is 191 g/mol. The van der Waals surface area contributed by atoms with Gasteiger partial charge in [0.2, 0.25) is 5.91 Å². The first-order valence-corrected chi connectivity index (χ1v) is 4.58. The Kier molecular flexibility index (Phi) is 2.23. The predicted molar refractivity (Wildman–Crippen MR) is 54.6 cm³/mol. The molecule has 1 aliphatic rings. The fraction of sp³-hybridized carbons (Fsp3) is 0.300. The van der Waals surface area contributed by atoms with E-state index in [9.17, 15) is 4.79 Å². The van der Waals surface area contributed by atoms with Crippen molar-refractivity contribution in [3.05, 3.63) is 29.3 Å². The highest BCUT2D eigenvalue weighted by Gasteiger charge is 2.25. The summed E-state index contributed by atoms with van der Waals surface area (Å²) in [6.07, 6.45) is 0.445. The quantitative estimate of drug-likeness (QED) is 0.688. The first kappa shape index (κ1) is 9.18. The van der Waals surface area contributed by atoms with Gasteiger partial charge in [-0.25, -0.2) is 0 Å². The fourth-order valence-electron chi connectivity index (χ4n) is 1.76. The van der Waals surface area contributed by atoms with Crippen LogP contribution in [0.4, 0.5) is 5.69 Å². The van der Waals surface area contributed by atoms with Gasteiger partial charge in [0, 0.05) is 12.2 Å². The van der Waals surface area contributed by atoms with Crippen molar-refractivity contribution >= 4 is 11.6 Å². The van der Waals surface area contributed by atoms with E-state index in [0.717, 1.165) is 16.8 Å². The molecule has 0 saturated heterocycles. The second-order valence-electron chi connectivity index (χ2n) is 3.35. The molecule has 1 aromatic rings. The van der Waals surface area contributed by atoms with Crippen LogP contribution in [0.5, 0.6) is 0 Å². The number of fused-ring (bicyclic) bond motifs is 1. The number of amides is 1. The van der Waals surface area contributed by atoms with Crippen molar-refractivity contribution in [3.8, 4) is 0 Å². The summed E-state index contributed by atoms with van der Waals surface area (Å²) in [4.78, 5) is 13.1. The molecule has 4 nitrogen and oxygen atoms in total. The first-order valence-electron chi connectivity index (χ1n) is 4.58. The largest absolute Gasteiger partial charge is 0.326 e. The second-order valence-corrected chi connectivity index (χ2v) is 3.35. The number of hydrogen-bond donors (Lipinski definition) is 2. The summed E-state index contributed by atoms with van der Waals surface area (Å²) in [5.41, 5.74) is 14.0. The van der Waals surface area contributed by atoms with E-state index < -0.39 is 0 Å². The number of benzene rings is 1. The summed E-state index contributed by atoms with van der Waals surface area (Å²) >= 11 is 0. The molecule has 4 heteroatoms. The molecule has 2 rings (SSSR count). The number of rotatable bonds is 2. The standard InChI is InChI=1S/C10H13N3O/c11-5-7-1-2-9-8(3-7)4-10(14)13(9)6-12/h1-3H,4-6,11-12H2. The highest BCUT2D eigenvalue weighted by molar-refractivity contribution is 6.01. The van der Waals surface area contributed by atoms with Crippen LogP contribution in [0.2, 0.25) is 0 Å². The van der Waals surface area contributed by atoms with E-state index in [0.29, 0.717) is 13.0 Å². The molecule has 1 heterocycles. The molecule has 0 aliphatic carbocycles. The van der Waals surface area contributed by atoms with Crippen LogP contribution in [0.25, 0.3) is 0 Å². The van der Waals surface area contributed by atoms with E-state index in [1.54, 1.807) is 4.90 Å². The third-order valence-electron chi connectivity index (χ3n) is 2.50. The zero-order valence-corrected chi connectivity index (χ0v) is 7.86. The van der Waals surface area contributed by atoms with Gasteiger partial charge in [0.05, 0.1) is 13.1 Å². The summed E-state index contributed by atoms with van der Waals surface area (Å²) in [6.45, 7) is 0.748. The third kappa shape index (κ3) is 1.29. The molecule has 0 saturated carbocycles. The number of carbonyl (C=O) groups excluding carboxylic acids is 1. The van der Waals surface area contributed by atoms with Gasteiger partial charge in [-0.05, 0) is 17.2 Å². The van der Waals surface area contributed by atoms with Gasteiger partial charge in [-0.15, -0.1) is 0 Å². The van der Waals surface area contributed by atoms with E-state index in [1.165, 1.54) is 0 Å².